The zero-order valence-electron chi connectivity index (χ0n) is 57.3. The molecule has 0 aromatic rings. The van der Waals surface area contributed by atoms with E-state index in [4.69, 9.17) is 37.0 Å². The van der Waals surface area contributed by atoms with Crippen molar-refractivity contribution in [3.8, 4) is 0 Å². The zero-order valence-corrected chi connectivity index (χ0v) is 59.1. The van der Waals surface area contributed by atoms with Crippen LogP contribution in [0.1, 0.15) is 338 Å². The molecule has 0 aliphatic heterocycles. The van der Waals surface area contributed by atoms with E-state index in [1.54, 1.807) is 0 Å². The first-order valence-corrected chi connectivity index (χ1v) is 38.7. The van der Waals surface area contributed by atoms with Gasteiger partial charge in [0.2, 0.25) is 0 Å². The maximum absolute atomic E-state index is 13.0. The van der Waals surface area contributed by atoms with Crippen LogP contribution in [-0.2, 0) is 65.4 Å². The topological polar surface area (TPSA) is 237 Å². The summed E-state index contributed by atoms with van der Waals surface area (Å²) in [6.45, 7) is 14.0. The molecule has 19 heteroatoms. The maximum atomic E-state index is 13.0. The third-order valence-corrected chi connectivity index (χ3v) is 17.7. The number of carbonyl (C=O) groups is 4. The highest BCUT2D eigenvalue weighted by atomic mass is 31.2. The van der Waals surface area contributed by atoms with Gasteiger partial charge in [-0.1, -0.05) is 287 Å². The summed E-state index contributed by atoms with van der Waals surface area (Å²) in [5, 5.41) is 10.6. The summed E-state index contributed by atoms with van der Waals surface area (Å²) in [4.78, 5) is 72.4. The summed E-state index contributed by atoms with van der Waals surface area (Å²) in [5.41, 5.74) is 0. The largest absolute Gasteiger partial charge is 0.472 e. The van der Waals surface area contributed by atoms with E-state index in [0.717, 1.165) is 108 Å². The highest BCUT2D eigenvalue weighted by Gasteiger charge is 2.30. The lowest BCUT2D eigenvalue weighted by Gasteiger charge is -2.21. The molecule has 0 amide bonds. The third-order valence-electron chi connectivity index (χ3n) is 15.8. The maximum Gasteiger partial charge on any atom is 0.472 e. The molecular formula is C69H134O17P2. The molecule has 0 saturated heterocycles. The molecule has 0 radical (unpaired) electrons. The summed E-state index contributed by atoms with van der Waals surface area (Å²) in [5.74, 6) is 0.776. The minimum atomic E-state index is -4.95. The van der Waals surface area contributed by atoms with Crippen LogP contribution in [0.15, 0.2) is 0 Å². The molecule has 0 fully saturated rings. The van der Waals surface area contributed by atoms with E-state index in [0.29, 0.717) is 37.5 Å². The molecule has 0 saturated carbocycles. The van der Waals surface area contributed by atoms with Crippen molar-refractivity contribution in [2.75, 3.05) is 39.6 Å². The Labute approximate surface area is 537 Å². The number of phosphoric acid groups is 2. The minimum absolute atomic E-state index is 0.102. The van der Waals surface area contributed by atoms with Crippen molar-refractivity contribution in [3.63, 3.8) is 0 Å². The van der Waals surface area contributed by atoms with Gasteiger partial charge in [-0.05, 0) is 49.4 Å². The second-order valence-electron chi connectivity index (χ2n) is 26.8. The van der Waals surface area contributed by atoms with Gasteiger partial charge in [-0.15, -0.1) is 0 Å². The second kappa shape index (κ2) is 58.8. The lowest BCUT2D eigenvalue weighted by Crippen LogP contribution is -2.30. The van der Waals surface area contributed by atoms with Gasteiger partial charge in [0.15, 0.2) is 12.2 Å². The van der Waals surface area contributed by atoms with E-state index >= 15 is 0 Å². The predicted molar refractivity (Wildman–Crippen MR) is 354 cm³/mol. The van der Waals surface area contributed by atoms with Gasteiger partial charge in [-0.3, -0.25) is 37.3 Å². The highest BCUT2D eigenvalue weighted by molar-refractivity contribution is 7.47. The van der Waals surface area contributed by atoms with Gasteiger partial charge in [0.25, 0.3) is 0 Å². The molecular weight excluding hydrogens is 1160 g/mol. The summed E-state index contributed by atoms with van der Waals surface area (Å²) < 4.78 is 68.2. The van der Waals surface area contributed by atoms with Crippen LogP contribution in [-0.4, -0.2) is 96.7 Å². The third kappa shape index (κ3) is 62.8. The van der Waals surface area contributed by atoms with E-state index < -0.39 is 97.5 Å². The Kier molecular flexibility index (Phi) is 57.6. The predicted octanol–water partition coefficient (Wildman–Crippen LogP) is 19.3. The van der Waals surface area contributed by atoms with Gasteiger partial charge in [0.1, 0.15) is 19.3 Å². The van der Waals surface area contributed by atoms with Crippen molar-refractivity contribution in [1.29, 1.82) is 0 Å². The summed E-state index contributed by atoms with van der Waals surface area (Å²) in [7, 11) is -9.90. The van der Waals surface area contributed by atoms with Crippen LogP contribution < -0.4 is 0 Å². The molecule has 88 heavy (non-hydrogen) atoms. The minimum Gasteiger partial charge on any atom is -0.462 e. The van der Waals surface area contributed by atoms with E-state index in [1.165, 1.54) is 135 Å². The van der Waals surface area contributed by atoms with Crippen LogP contribution in [0.5, 0.6) is 0 Å². The Bertz CT molecular complexity index is 1750. The monoisotopic (exact) mass is 1300 g/mol. The Morgan fingerprint density at radius 3 is 0.705 bits per heavy atom. The van der Waals surface area contributed by atoms with Crippen LogP contribution in [0.25, 0.3) is 0 Å². The normalized spacial score (nSPS) is 14.3. The van der Waals surface area contributed by atoms with Crippen molar-refractivity contribution >= 4 is 39.5 Å². The first kappa shape index (κ1) is 86.1. The molecule has 0 aromatic carbocycles. The van der Waals surface area contributed by atoms with E-state index in [-0.39, 0.29) is 25.7 Å². The molecule has 3 N–H and O–H groups in total. The highest BCUT2D eigenvalue weighted by Crippen LogP contribution is 2.45. The Balaban J connectivity index is 5.21. The molecule has 0 heterocycles. The van der Waals surface area contributed by atoms with Gasteiger partial charge in [-0.25, -0.2) is 9.13 Å². The van der Waals surface area contributed by atoms with E-state index in [2.05, 4.69) is 55.4 Å². The number of rotatable bonds is 66. The van der Waals surface area contributed by atoms with Crippen molar-refractivity contribution in [1.82, 2.24) is 0 Å². The summed E-state index contributed by atoms with van der Waals surface area (Å²) in [6, 6.07) is 0. The van der Waals surface area contributed by atoms with Gasteiger partial charge < -0.3 is 33.8 Å². The summed E-state index contributed by atoms with van der Waals surface area (Å²) >= 11 is 0. The lowest BCUT2D eigenvalue weighted by molar-refractivity contribution is -0.161. The number of carbonyl (C=O) groups excluding carboxylic acids is 4. The molecule has 0 aromatic heterocycles. The van der Waals surface area contributed by atoms with Gasteiger partial charge in [-0.2, -0.15) is 0 Å². The first-order chi connectivity index (χ1) is 42.1. The molecule has 522 valence electrons. The van der Waals surface area contributed by atoms with Crippen molar-refractivity contribution in [2.24, 2.45) is 23.7 Å². The molecule has 0 bridgehead atoms. The zero-order chi connectivity index (χ0) is 65.4. The lowest BCUT2D eigenvalue weighted by atomic mass is 10.0. The molecule has 5 atom stereocenters. The van der Waals surface area contributed by atoms with Crippen LogP contribution in [0.4, 0.5) is 0 Å². The number of unbranched alkanes of at least 4 members (excludes halogenated alkanes) is 32. The standard InChI is InChI=1S/C69H134O17P2/c1-59(2)45-37-29-21-16-13-11-9-10-12-14-18-24-33-41-49-66(71)79-55-64(85-68(73)51-43-35-25-19-15-17-22-30-38-46-60(3)4)57-83-87(75,76)81-53-63(70)54-82-88(77,78)84-58-65(56-80-67(72)50-42-34-28-27-32-40-48-62(7)8)86-69(74)52-44-36-26-20-23-31-39-47-61(5)6/h59-65,70H,9-58H2,1-8H3,(H,75,76)(H,77,78)/t63-,64-,65-/m1/s1. The van der Waals surface area contributed by atoms with Crippen molar-refractivity contribution in [3.05, 3.63) is 0 Å². The SMILES string of the molecule is CC(C)CCCCCCCCCCCCCCCCC(=O)OC[C@H](COP(=O)(O)OC[C@@H](O)COP(=O)(O)OC[C@@H](COC(=O)CCCCCCCCC(C)C)OC(=O)CCCCCCCCCC(C)C)OC(=O)CCCCCCCCCCCC(C)C. The van der Waals surface area contributed by atoms with Gasteiger partial charge >= 0.3 is 39.5 Å². The van der Waals surface area contributed by atoms with Crippen LogP contribution in [0.2, 0.25) is 0 Å². The average Bonchev–Trinajstić information content (AvgIpc) is 3.56. The molecule has 0 aliphatic carbocycles. The number of ether oxygens (including phenoxy) is 4. The summed E-state index contributed by atoms with van der Waals surface area (Å²) in [6.07, 6.45) is 40.6. The Hall–Kier alpha value is -1.94. The number of hydrogen-bond acceptors (Lipinski definition) is 15. The quantitative estimate of drug-likeness (QED) is 0.0222. The number of hydrogen-bond donors (Lipinski definition) is 3. The molecule has 0 spiro atoms. The fourth-order valence-corrected chi connectivity index (χ4v) is 11.9. The average molecular weight is 1300 g/mol. The van der Waals surface area contributed by atoms with Gasteiger partial charge in [0.05, 0.1) is 26.4 Å². The number of aliphatic hydroxyl groups is 1. The van der Waals surface area contributed by atoms with Crippen LogP contribution in [0, 0.1) is 23.7 Å². The fraction of sp³-hybridized carbons (Fsp3) is 0.942. The molecule has 0 aliphatic rings. The Morgan fingerprint density at radius 2 is 0.477 bits per heavy atom. The smallest absolute Gasteiger partial charge is 0.462 e. The number of phosphoric ester groups is 2. The molecule has 0 rings (SSSR count). The van der Waals surface area contributed by atoms with Crippen molar-refractivity contribution < 1.29 is 80.2 Å². The second-order valence-corrected chi connectivity index (χ2v) is 29.7. The fourth-order valence-electron chi connectivity index (χ4n) is 10.3. The molecule has 17 nitrogen and oxygen atoms in total. The van der Waals surface area contributed by atoms with E-state index in [1.807, 2.05) is 0 Å². The van der Waals surface area contributed by atoms with E-state index in [9.17, 15) is 43.2 Å². The Morgan fingerprint density at radius 1 is 0.284 bits per heavy atom. The first-order valence-electron chi connectivity index (χ1n) is 35.7. The van der Waals surface area contributed by atoms with Crippen LogP contribution >= 0.6 is 15.6 Å². The van der Waals surface area contributed by atoms with Crippen LogP contribution in [0.3, 0.4) is 0 Å². The molecule has 2 unspecified atom stereocenters. The number of esters is 4. The van der Waals surface area contributed by atoms with Crippen molar-refractivity contribution in [2.45, 2.75) is 356 Å². The van der Waals surface area contributed by atoms with Gasteiger partial charge in [0, 0.05) is 25.7 Å². The number of aliphatic hydroxyl groups excluding tert-OH is 1.